The van der Waals surface area contributed by atoms with Crippen LogP contribution in [-0.4, -0.2) is 27.8 Å². The number of nitrogens with zero attached hydrogens (tertiary/aromatic N) is 2. The van der Waals surface area contributed by atoms with E-state index in [0.717, 1.165) is 35.0 Å². The lowest BCUT2D eigenvalue weighted by atomic mass is 9.89. The maximum Gasteiger partial charge on any atom is 0.319 e. The molecule has 2 aromatic heterocycles. The molecule has 0 radical (unpaired) electrons. The van der Waals surface area contributed by atoms with Gasteiger partial charge in [-0.15, -0.1) is 11.3 Å². The van der Waals surface area contributed by atoms with Gasteiger partial charge < -0.3 is 4.74 Å². The quantitative estimate of drug-likeness (QED) is 0.628. The van der Waals surface area contributed by atoms with E-state index in [-0.39, 0.29) is 11.2 Å². The maximum absolute atomic E-state index is 11.7. The number of carbonyl (C=O) groups excluding carboxylic acids is 1. The van der Waals surface area contributed by atoms with Crippen LogP contribution in [0.15, 0.2) is 11.4 Å². The zero-order valence-electron chi connectivity index (χ0n) is 11.8. The number of aryl methyl sites for hydroxylation is 1. The molecule has 4 rings (SSSR count). The molecule has 0 amide bonds. The summed E-state index contributed by atoms with van der Waals surface area (Å²) < 4.78 is 5.06. The molecule has 2 aromatic rings. The highest BCUT2D eigenvalue weighted by Crippen LogP contribution is 2.42. The first-order valence-corrected chi connectivity index (χ1v) is 9.00. The maximum atomic E-state index is 11.7. The van der Waals surface area contributed by atoms with Crippen LogP contribution in [-0.2, 0) is 22.4 Å². The van der Waals surface area contributed by atoms with E-state index in [2.05, 4.69) is 16.9 Å². The zero-order chi connectivity index (χ0) is 14.4. The third-order valence-electron chi connectivity index (χ3n) is 4.20. The number of fused-ring (bicyclic) bond motifs is 3. The fourth-order valence-corrected chi connectivity index (χ4v) is 5.56. The first-order valence-electron chi connectivity index (χ1n) is 7.31. The first-order chi connectivity index (χ1) is 10.2. The van der Waals surface area contributed by atoms with Crippen molar-refractivity contribution in [2.24, 2.45) is 5.92 Å². The van der Waals surface area contributed by atoms with E-state index in [1.807, 2.05) is 0 Å². The van der Waals surface area contributed by atoms with Gasteiger partial charge in [-0.05, 0) is 30.7 Å². The van der Waals surface area contributed by atoms with Gasteiger partial charge in [0.05, 0.1) is 6.61 Å². The lowest BCUT2D eigenvalue weighted by molar-refractivity contribution is -0.137. The average molecular weight is 320 g/mol. The molecule has 0 bridgehead atoms. The van der Waals surface area contributed by atoms with E-state index >= 15 is 0 Å². The average Bonchev–Trinajstić information content (AvgIpc) is 3.02. The molecule has 21 heavy (non-hydrogen) atoms. The molecule has 1 fully saturated rings. The number of ether oxygens (including phenoxy) is 1. The molecule has 0 aromatic carbocycles. The molecule has 0 unspecified atom stereocenters. The van der Waals surface area contributed by atoms with Crippen LogP contribution in [0.2, 0.25) is 0 Å². The second-order valence-electron chi connectivity index (χ2n) is 5.77. The monoisotopic (exact) mass is 320 g/mol. The van der Waals surface area contributed by atoms with Gasteiger partial charge in [0.1, 0.15) is 21.4 Å². The van der Waals surface area contributed by atoms with Crippen molar-refractivity contribution in [3.8, 4) is 0 Å². The fraction of sp³-hybridized carbons (Fsp3) is 0.533. The predicted octanol–water partition coefficient (Wildman–Crippen LogP) is 3.22. The number of cyclic esters (lactones) is 1. The molecule has 0 N–H and O–H groups in total. The lowest BCUT2D eigenvalue weighted by Crippen LogP contribution is -2.11. The van der Waals surface area contributed by atoms with Gasteiger partial charge in [0.15, 0.2) is 0 Å². The van der Waals surface area contributed by atoms with Gasteiger partial charge in [0, 0.05) is 16.7 Å². The predicted molar refractivity (Wildman–Crippen MR) is 83.8 cm³/mol. The van der Waals surface area contributed by atoms with Crippen molar-refractivity contribution in [3.05, 3.63) is 16.8 Å². The number of rotatable bonds is 2. The highest BCUT2D eigenvalue weighted by atomic mass is 32.2. The molecule has 0 saturated carbocycles. The van der Waals surface area contributed by atoms with Crippen LogP contribution in [0.5, 0.6) is 0 Å². The Balaban J connectivity index is 1.77. The van der Waals surface area contributed by atoms with E-state index in [9.17, 15) is 4.79 Å². The van der Waals surface area contributed by atoms with Gasteiger partial charge in [-0.2, -0.15) is 0 Å². The first kappa shape index (κ1) is 13.5. The Morgan fingerprint density at radius 2 is 2.29 bits per heavy atom. The molecule has 1 saturated heterocycles. The van der Waals surface area contributed by atoms with Gasteiger partial charge in [-0.1, -0.05) is 18.7 Å². The summed E-state index contributed by atoms with van der Waals surface area (Å²) in [5.41, 5.74) is 1.42. The van der Waals surface area contributed by atoms with Crippen molar-refractivity contribution in [1.29, 1.82) is 0 Å². The molecule has 3 heterocycles. The minimum Gasteiger partial charge on any atom is -0.465 e. The molecule has 6 heteroatoms. The van der Waals surface area contributed by atoms with Crippen molar-refractivity contribution < 1.29 is 9.53 Å². The smallest absolute Gasteiger partial charge is 0.319 e. The number of aromatic nitrogens is 2. The SMILES string of the molecule is C[C@@H]1CCc2c(sc3ncnc(S[C@H]4CCOC4=O)c23)C1. The third kappa shape index (κ3) is 2.34. The normalized spacial score (nSPS) is 25.1. The van der Waals surface area contributed by atoms with Gasteiger partial charge >= 0.3 is 5.97 Å². The standard InChI is InChI=1S/C15H16N2O2S2/c1-8-2-3-9-11(6-8)21-14-12(9)13(16-7-17-14)20-10-4-5-19-15(10)18/h7-8,10H,2-6H2,1H3/t8-,10+/m1/s1. The molecule has 2 aliphatic rings. The highest BCUT2D eigenvalue weighted by Gasteiger charge is 2.30. The Labute approximate surface area is 131 Å². The minimum absolute atomic E-state index is 0.107. The number of hydrogen-bond acceptors (Lipinski definition) is 6. The second-order valence-corrected chi connectivity index (χ2v) is 8.05. The highest BCUT2D eigenvalue weighted by molar-refractivity contribution is 8.00. The Bertz CT molecular complexity index is 713. The summed E-state index contributed by atoms with van der Waals surface area (Å²) in [6.07, 6.45) is 5.87. The Kier molecular flexibility index (Phi) is 3.38. The van der Waals surface area contributed by atoms with Crippen LogP contribution < -0.4 is 0 Å². The van der Waals surface area contributed by atoms with Gasteiger partial charge in [0.2, 0.25) is 0 Å². The summed E-state index contributed by atoms with van der Waals surface area (Å²) in [7, 11) is 0. The van der Waals surface area contributed by atoms with Crippen LogP contribution >= 0.6 is 23.1 Å². The summed E-state index contributed by atoms with van der Waals surface area (Å²) in [5, 5.41) is 2.03. The number of hydrogen-bond donors (Lipinski definition) is 0. The van der Waals surface area contributed by atoms with Gasteiger partial charge in [0.25, 0.3) is 0 Å². The Morgan fingerprint density at radius 3 is 3.10 bits per heavy atom. The molecule has 0 spiro atoms. The number of thioether (sulfide) groups is 1. The zero-order valence-corrected chi connectivity index (χ0v) is 13.4. The van der Waals surface area contributed by atoms with Crippen LogP contribution in [0.25, 0.3) is 10.2 Å². The number of thiophene rings is 1. The Morgan fingerprint density at radius 1 is 1.38 bits per heavy atom. The summed E-state index contributed by atoms with van der Waals surface area (Å²) in [5.74, 6) is 0.643. The van der Waals surface area contributed by atoms with Crippen molar-refractivity contribution >= 4 is 39.3 Å². The molecular weight excluding hydrogens is 304 g/mol. The molecule has 1 aliphatic heterocycles. The Hall–Kier alpha value is -1.14. The van der Waals surface area contributed by atoms with Crippen LogP contribution in [0.4, 0.5) is 0 Å². The fourth-order valence-electron chi connectivity index (χ4n) is 3.05. The summed E-state index contributed by atoms with van der Waals surface area (Å²) >= 11 is 3.34. The third-order valence-corrected chi connectivity index (χ3v) is 6.61. The molecule has 110 valence electrons. The summed E-state index contributed by atoms with van der Waals surface area (Å²) in [6.45, 7) is 2.84. The van der Waals surface area contributed by atoms with Crippen molar-refractivity contribution in [2.45, 2.75) is 42.9 Å². The number of carbonyl (C=O) groups is 1. The van der Waals surface area contributed by atoms with E-state index < -0.39 is 0 Å². The van der Waals surface area contributed by atoms with Gasteiger partial charge in [-0.25, -0.2) is 9.97 Å². The molecule has 1 aliphatic carbocycles. The van der Waals surface area contributed by atoms with E-state index in [1.54, 1.807) is 29.4 Å². The largest absolute Gasteiger partial charge is 0.465 e. The number of esters is 1. The van der Waals surface area contributed by atoms with Crippen LogP contribution in [0.1, 0.15) is 30.2 Å². The van der Waals surface area contributed by atoms with Crippen LogP contribution in [0, 0.1) is 5.92 Å². The minimum atomic E-state index is -0.110. The van der Waals surface area contributed by atoms with E-state index in [1.165, 1.54) is 22.2 Å². The summed E-state index contributed by atoms with van der Waals surface area (Å²) in [6, 6.07) is 0. The molecular formula is C15H16N2O2S2. The second kappa shape index (κ2) is 5.25. The van der Waals surface area contributed by atoms with Gasteiger partial charge in [-0.3, -0.25) is 4.79 Å². The van der Waals surface area contributed by atoms with Crippen molar-refractivity contribution in [1.82, 2.24) is 9.97 Å². The van der Waals surface area contributed by atoms with Crippen molar-refractivity contribution in [3.63, 3.8) is 0 Å². The topological polar surface area (TPSA) is 52.1 Å². The van der Waals surface area contributed by atoms with Crippen molar-refractivity contribution in [2.75, 3.05) is 6.61 Å². The van der Waals surface area contributed by atoms with E-state index in [0.29, 0.717) is 6.61 Å². The molecule has 4 nitrogen and oxygen atoms in total. The summed E-state index contributed by atoms with van der Waals surface area (Å²) in [4.78, 5) is 23.1. The lowest BCUT2D eigenvalue weighted by Gasteiger charge is -2.18. The molecule has 2 atom stereocenters. The van der Waals surface area contributed by atoms with Crippen LogP contribution in [0.3, 0.4) is 0 Å². The van der Waals surface area contributed by atoms with E-state index in [4.69, 9.17) is 4.74 Å².